The summed E-state index contributed by atoms with van der Waals surface area (Å²) in [6, 6.07) is 3.72. The molecule has 0 saturated carbocycles. The number of nitrogens with zero attached hydrogens (tertiary/aromatic N) is 5. The summed E-state index contributed by atoms with van der Waals surface area (Å²) in [5.41, 5.74) is 2.05. The van der Waals surface area contributed by atoms with Crippen LogP contribution < -0.4 is 10.6 Å². The van der Waals surface area contributed by atoms with Crippen LogP contribution >= 0.6 is 0 Å². The molecule has 0 amide bonds. The fourth-order valence-electron chi connectivity index (χ4n) is 1.78. The first kappa shape index (κ1) is 10.2. The predicted molar refractivity (Wildman–Crippen MR) is 62.6 cm³/mol. The molecular formula is C10H13N7. The van der Waals surface area contributed by atoms with Crippen molar-refractivity contribution in [3.8, 4) is 0 Å². The molecule has 0 fully saturated rings. The molecule has 7 heteroatoms. The summed E-state index contributed by atoms with van der Waals surface area (Å²) in [5, 5.41) is 21.9. The van der Waals surface area contributed by atoms with Crippen LogP contribution in [0.5, 0.6) is 0 Å². The Kier molecular flexibility index (Phi) is 2.66. The summed E-state index contributed by atoms with van der Waals surface area (Å²) < 4.78 is 1.42. The van der Waals surface area contributed by atoms with E-state index in [-0.39, 0.29) is 0 Å². The Balaban J connectivity index is 1.69. The monoisotopic (exact) mass is 231 g/mol. The van der Waals surface area contributed by atoms with E-state index in [9.17, 15) is 0 Å². The highest BCUT2D eigenvalue weighted by Gasteiger charge is 2.04. The predicted octanol–water partition coefficient (Wildman–Crippen LogP) is -0.149. The zero-order chi connectivity index (χ0) is 11.5. The Morgan fingerprint density at radius 3 is 3.29 bits per heavy atom. The standard InChI is InChI=1S/C10H13N7/c1-2-10-13-15-16-17(10)14-9(1)12-7-8-3-5-11-6-4-8/h1-3,11H,4-7H2,(H,12,14). The van der Waals surface area contributed by atoms with Crippen LogP contribution in [-0.4, -0.2) is 44.9 Å². The maximum absolute atomic E-state index is 4.25. The summed E-state index contributed by atoms with van der Waals surface area (Å²) in [4.78, 5) is 0. The number of hydrogen-bond donors (Lipinski definition) is 2. The van der Waals surface area contributed by atoms with Gasteiger partial charge in [0.1, 0.15) is 5.82 Å². The van der Waals surface area contributed by atoms with Gasteiger partial charge < -0.3 is 10.6 Å². The number of aromatic nitrogens is 5. The fourth-order valence-corrected chi connectivity index (χ4v) is 1.78. The molecule has 0 spiro atoms. The molecule has 0 radical (unpaired) electrons. The summed E-state index contributed by atoms with van der Waals surface area (Å²) in [6.45, 7) is 2.83. The highest BCUT2D eigenvalue weighted by molar-refractivity contribution is 5.42. The van der Waals surface area contributed by atoms with Gasteiger partial charge in [-0.25, -0.2) is 0 Å². The van der Waals surface area contributed by atoms with Gasteiger partial charge in [-0.1, -0.05) is 11.6 Å². The highest BCUT2D eigenvalue weighted by atomic mass is 15.6. The van der Waals surface area contributed by atoms with E-state index in [1.807, 2.05) is 12.1 Å². The third-order valence-electron chi connectivity index (χ3n) is 2.72. The smallest absolute Gasteiger partial charge is 0.200 e. The molecule has 0 aliphatic carbocycles. The van der Waals surface area contributed by atoms with E-state index in [0.29, 0.717) is 5.65 Å². The Hall–Kier alpha value is -2.02. The number of rotatable bonds is 3. The first-order valence-electron chi connectivity index (χ1n) is 5.60. The second-order valence-electron chi connectivity index (χ2n) is 3.92. The van der Waals surface area contributed by atoms with E-state index in [1.54, 1.807) is 0 Å². The highest BCUT2D eigenvalue weighted by Crippen LogP contribution is 2.07. The summed E-state index contributed by atoms with van der Waals surface area (Å²) in [6.07, 6.45) is 3.30. The molecule has 0 unspecified atom stereocenters. The number of tetrazole rings is 1. The van der Waals surface area contributed by atoms with Crippen molar-refractivity contribution in [2.45, 2.75) is 6.42 Å². The Morgan fingerprint density at radius 1 is 1.41 bits per heavy atom. The average Bonchev–Trinajstić information content (AvgIpc) is 2.85. The lowest BCUT2D eigenvalue weighted by Gasteiger charge is -2.14. The van der Waals surface area contributed by atoms with Crippen molar-refractivity contribution in [1.29, 1.82) is 0 Å². The zero-order valence-corrected chi connectivity index (χ0v) is 9.30. The number of nitrogens with one attached hydrogen (secondary N) is 2. The molecule has 2 aromatic heterocycles. The van der Waals surface area contributed by atoms with Gasteiger partial charge in [0.15, 0.2) is 5.65 Å². The van der Waals surface area contributed by atoms with Crippen LogP contribution in [-0.2, 0) is 0 Å². The molecule has 0 aromatic carbocycles. The van der Waals surface area contributed by atoms with Gasteiger partial charge in [0, 0.05) is 13.1 Å². The Morgan fingerprint density at radius 2 is 2.41 bits per heavy atom. The van der Waals surface area contributed by atoms with Crippen LogP contribution in [0.4, 0.5) is 5.82 Å². The fraction of sp³-hybridized carbons (Fsp3) is 0.400. The topological polar surface area (TPSA) is 80.0 Å². The molecular weight excluding hydrogens is 218 g/mol. The van der Waals surface area contributed by atoms with E-state index in [2.05, 4.69) is 37.3 Å². The molecule has 0 saturated heterocycles. The lowest BCUT2D eigenvalue weighted by Crippen LogP contribution is -2.23. The maximum Gasteiger partial charge on any atom is 0.200 e. The minimum absolute atomic E-state index is 0.650. The van der Waals surface area contributed by atoms with Gasteiger partial charge in [0.05, 0.1) is 0 Å². The Labute approximate surface area is 97.9 Å². The molecule has 3 rings (SSSR count). The molecule has 0 atom stereocenters. The maximum atomic E-state index is 4.25. The van der Waals surface area contributed by atoms with Gasteiger partial charge in [-0.3, -0.25) is 0 Å². The van der Waals surface area contributed by atoms with Crippen molar-refractivity contribution in [2.75, 3.05) is 25.0 Å². The normalized spacial score (nSPS) is 15.9. The van der Waals surface area contributed by atoms with Crippen LogP contribution in [0.3, 0.4) is 0 Å². The number of anilines is 1. The first-order valence-corrected chi connectivity index (χ1v) is 5.60. The van der Waals surface area contributed by atoms with Crippen molar-refractivity contribution < 1.29 is 0 Å². The van der Waals surface area contributed by atoms with Gasteiger partial charge in [-0.05, 0) is 35.5 Å². The second kappa shape index (κ2) is 4.46. The van der Waals surface area contributed by atoms with Crippen LogP contribution in [0.2, 0.25) is 0 Å². The molecule has 88 valence electrons. The van der Waals surface area contributed by atoms with Gasteiger partial charge in [0.2, 0.25) is 0 Å². The molecule has 2 N–H and O–H groups in total. The third-order valence-corrected chi connectivity index (χ3v) is 2.72. The molecule has 17 heavy (non-hydrogen) atoms. The van der Waals surface area contributed by atoms with Gasteiger partial charge in [-0.2, -0.15) is 0 Å². The minimum atomic E-state index is 0.650. The lowest BCUT2D eigenvalue weighted by molar-refractivity contribution is 0.696. The van der Waals surface area contributed by atoms with Crippen LogP contribution in [0.1, 0.15) is 6.42 Å². The molecule has 2 aromatic rings. The van der Waals surface area contributed by atoms with E-state index in [4.69, 9.17) is 0 Å². The SMILES string of the molecule is C1=C(CNc2ccc3nnnn3n2)CCNC1. The van der Waals surface area contributed by atoms with E-state index < -0.39 is 0 Å². The zero-order valence-electron chi connectivity index (χ0n) is 9.30. The summed E-state index contributed by atoms with van der Waals surface area (Å²) in [7, 11) is 0. The third kappa shape index (κ3) is 2.23. The number of hydrogen-bond acceptors (Lipinski definition) is 6. The van der Waals surface area contributed by atoms with E-state index >= 15 is 0 Å². The minimum Gasteiger partial charge on any atom is -0.365 e. The molecule has 3 heterocycles. The molecule has 1 aliphatic heterocycles. The summed E-state index contributed by atoms with van der Waals surface area (Å²) >= 11 is 0. The average molecular weight is 231 g/mol. The molecule has 7 nitrogen and oxygen atoms in total. The van der Waals surface area contributed by atoms with Crippen molar-refractivity contribution in [2.24, 2.45) is 0 Å². The first-order chi connectivity index (χ1) is 8.42. The van der Waals surface area contributed by atoms with Gasteiger partial charge in [0.25, 0.3) is 0 Å². The van der Waals surface area contributed by atoms with Crippen molar-refractivity contribution in [1.82, 2.24) is 30.6 Å². The van der Waals surface area contributed by atoms with Crippen molar-refractivity contribution >= 4 is 11.5 Å². The second-order valence-corrected chi connectivity index (χ2v) is 3.92. The van der Waals surface area contributed by atoms with Crippen molar-refractivity contribution in [3.63, 3.8) is 0 Å². The van der Waals surface area contributed by atoms with Crippen molar-refractivity contribution in [3.05, 3.63) is 23.8 Å². The largest absolute Gasteiger partial charge is 0.365 e. The van der Waals surface area contributed by atoms with Crippen LogP contribution in [0, 0.1) is 0 Å². The van der Waals surface area contributed by atoms with Crippen LogP contribution in [0.25, 0.3) is 5.65 Å². The number of fused-ring (bicyclic) bond motifs is 1. The lowest BCUT2D eigenvalue weighted by atomic mass is 10.1. The Bertz CT molecular complexity index is 544. The van der Waals surface area contributed by atoms with Crippen LogP contribution in [0.15, 0.2) is 23.8 Å². The molecule has 1 aliphatic rings. The van der Waals surface area contributed by atoms with E-state index in [1.165, 1.54) is 10.2 Å². The van der Waals surface area contributed by atoms with Gasteiger partial charge in [-0.15, -0.1) is 14.8 Å². The molecule has 0 bridgehead atoms. The summed E-state index contributed by atoms with van der Waals surface area (Å²) in [5.74, 6) is 0.782. The van der Waals surface area contributed by atoms with E-state index in [0.717, 1.165) is 31.9 Å². The quantitative estimate of drug-likeness (QED) is 0.715. The van der Waals surface area contributed by atoms with Gasteiger partial charge >= 0.3 is 0 Å².